The summed E-state index contributed by atoms with van der Waals surface area (Å²) < 4.78 is 57.9. The molecule has 19 heavy (non-hydrogen) atoms. The standard InChI is InChI=1S/C10H10F4N2O3/c1-2-18-9(17)7-8(19-10(12,13)14)6(11)3-5(4-15)16-7/h3H,2,4,15H2,1H3. The molecule has 0 unspecified atom stereocenters. The van der Waals surface area contributed by atoms with Gasteiger partial charge in [0.05, 0.1) is 12.3 Å². The average molecular weight is 282 g/mol. The summed E-state index contributed by atoms with van der Waals surface area (Å²) in [4.78, 5) is 14.9. The first-order chi connectivity index (χ1) is 8.78. The molecule has 0 aliphatic rings. The molecule has 0 atom stereocenters. The van der Waals surface area contributed by atoms with Crippen molar-refractivity contribution in [3.63, 3.8) is 0 Å². The Morgan fingerprint density at radius 3 is 2.58 bits per heavy atom. The van der Waals surface area contributed by atoms with Crippen molar-refractivity contribution < 1.29 is 31.8 Å². The van der Waals surface area contributed by atoms with E-state index in [1.54, 1.807) is 0 Å². The van der Waals surface area contributed by atoms with Gasteiger partial charge >= 0.3 is 12.3 Å². The number of nitrogens with two attached hydrogens (primary N) is 1. The molecule has 0 bridgehead atoms. The molecule has 0 fully saturated rings. The van der Waals surface area contributed by atoms with Crippen LogP contribution < -0.4 is 10.5 Å². The van der Waals surface area contributed by atoms with Crippen molar-refractivity contribution in [3.8, 4) is 5.75 Å². The van der Waals surface area contributed by atoms with Crippen molar-refractivity contribution in [3.05, 3.63) is 23.3 Å². The fourth-order valence-corrected chi connectivity index (χ4v) is 1.21. The minimum Gasteiger partial charge on any atom is -0.461 e. The third kappa shape index (κ3) is 4.05. The largest absolute Gasteiger partial charge is 0.573 e. The summed E-state index contributed by atoms with van der Waals surface area (Å²) in [5.74, 6) is -3.95. The molecule has 0 aliphatic heterocycles. The molecule has 0 aromatic carbocycles. The maximum Gasteiger partial charge on any atom is 0.573 e. The van der Waals surface area contributed by atoms with Gasteiger partial charge in [-0.15, -0.1) is 13.2 Å². The topological polar surface area (TPSA) is 74.4 Å². The molecule has 0 amide bonds. The fraction of sp³-hybridized carbons (Fsp3) is 0.400. The molecule has 0 saturated carbocycles. The van der Waals surface area contributed by atoms with Gasteiger partial charge in [0.25, 0.3) is 0 Å². The minimum atomic E-state index is -5.16. The Kier molecular flexibility index (Phi) is 4.65. The summed E-state index contributed by atoms with van der Waals surface area (Å²) in [5.41, 5.74) is 4.19. The Labute approximate surface area is 105 Å². The van der Waals surface area contributed by atoms with E-state index in [-0.39, 0.29) is 18.8 Å². The Hall–Kier alpha value is -1.90. The van der Waals surface area contributed by atoms with E-state index in [9.17, 15) is 22.4 Å². The first-order valence-corrected chi connectivity index (χ1v) is 5.10. The maximum absolute atomic E-state index is 13.5. The summed E-state index contributed by atoms with van der Waals surface area (Å²) in [7, 11) is 0. The van der Waals surface area contributed by atoms with Crippen LogP contribution in [0.5, 0.6) is 5.75 Å². The van der Waals surface area contributed by atoms with E-state index in [4.69, 9.17) is 5.73 Å². The van der Waals surface area contributed by atoms with Crippen molar-refractivity contribution in [1.82, 2.24) is 4.98 Å². The molecule has 0 aliphatic carbocycles. The summed E-state index contributed by atoms with van der Waals surface area (Å²) in [6.07, 6.45) is -5.16. The van der Waals surface area contributed by atoms with Gasteiger partial charge in [0, 0.05) is 12.6 Å². The molecule has 1 aromatic rings. The normalized spacial score (nSPS) is 11.3. The van der Waals surface area contributed by atoms with Crippen LogP contribution in [0.4, 0.5) is 17.6 Å². The van der Waals surface area contributed by atoms with Gasteiger partial charge in [0.1, 0.15) is 0 Å². The number of alkyl halides is 3. The second-order valence-corrected chi connectivity index (χ2v) is 3.25. The van der Waals surface area contributed by atoms with E-state index in [0.29, 0.717) is 6.07 Å². The Morgan fingerprint density at radius 1 is 1.47 bits per heavy atom. The summed E-state index contributed by atoms with van der Waals surface area (Å²) in [6.45, 7) is 1.07. The summed E-state index contributed by atoms with van der Waals surface area (Å²) in [6, 6.07) is 0.657. The van der Waals surface area contributed by atoms with Crippen molar-refractivity contribution in [1.29, 1.82) is 0 Å². The highest BCUT2D eigenvalue weighted by atomic mass is 19.4. The molecule has 2 N–H and O–H groups in total. The van der Waals surface area contributed by atoms with E-state index < -0.39 is 29.6 Å². The fourth-order valence-electron chi connectivity index (χ4n) is 1.21. The Balaban J connectivity index is 3.29. The molecule has 106 valence electrons. The van der Waals surface area contributed by atoms with Gasteiger partial charge in [-0.25, -0.2) is 14.2 Å². The van der Waals surface area contributed by atoms with E-state index in [2.05, 4.69) is 14.5 Å². The molecule has 9 heteroatoms. The van der Waals surface area contributed by atoms with Gasteiger partial charge < -0.3 is 15.2 Å². The van der Waals surface area contributed by atoms with Crippen LogP contribution in [0.25, 0.3) is 0 Å². The van der Waals surface area contributed by atoms with Crippen LogP contribution in [0.3, 0.4) is 0 Å². The van der Waals surface area contributed by atoms with Crippen LogP contribution in [0.2, 0.25) is 0 Å². The van der Waals surface area contributed by atoms with Crippen molar-refractivity contribution in [2.75, 3.05) is 6.61 Å². The highest BCUT2D eigenvalue weighted by Gasteiger charge is 2.36. The molecular weight excluding hydrogens is 272 g/mol. The predicted molar refractivity (Wildman–Crippen MR) is 54.7 cm³/mol. The van der Waals surface area contributed by atoms with Crippen LogP contribution in [-0.2, 0) is 11.3 Å². The maximum atomic E-state index is 13.5. The Morgan fingerprint density at radius 2 is 2.11 bits per heavy atom. The predicted octanol–water partition coefficient (Wildman–Crippen LogP) is 1.75. The van der Waals surface area contributed by atoms with Gasteiger partial charge in [-0.05, 0) is 6.92 Å². The molecule has 1 heterocycles. The van der Waals surface area contributed by atoms with Gasteiger partial charge in [-0.2, -0.15) is 0 Å². The molecule has 0 radical (unpaired) electrons. The zero-order valence-corrected chi connectivity index (χ0v) is 9.75. The average Bonchev–Trinajstić information content (AvgIpc) is 2.30. The van der Waals surface area contributed by atoms with Gasteiger partial charge in [0.15, 0.2) is 17.3 Å². The Bertz CT molecular complexity index is 477. The zero-order chi connectivity index (χ0) is 14.6. The third-order valence-electron chi connectivity index (χ3n) is 1.88. The number of ether oxygens (including phenoxy) is 2. The van der Waals surface area contributed by atoms with Gasteiger partial charge in [-0.1, -0.05) is 0 Å². The highest BCUT2D eigenvalue weighted by molar-refractivity contribution is 5.90. The van der Waals surface area contributed by atoms with E-state index in [1.807, 2.05) is 0 Å². The molecule has 0 saturated heterocycles. The van der Waals surface area contributed by atoms with E-state index in [0.717, 1.165) is 0 Å². The first kappa shape index (κ1) is 15.2. The lowest BCUT2D eigenvalue weighted by atomic mass is 10.2. The number of esters is 1. The van der Waals surface area contributed by atoms with Gasteiger partial charge in [0.2, 0.25) is 0 Å². The summed E-state index contributed by atoms with van der Waals surface area (Å²) >= 11 is 0. The molecule has 0 spiro atoms. The number of aromatic nitrogens is 1. The van der Waals surface area contributed by atoms with Crippen molar-refractivity contribution >= 4 is 5.97 Å². The number of hydrogen-bond acceptors (Lipinski definition) is 5. The van der Waals surface area contributed by atoms with Crippen LogP contribution in [0.1, 0.15) is 23.1 Å². The first-order valence-electron chi connectivity index (χ1n) is 5.10. The van der Waals surface area contributed by atoms with Crippen molar-refractivity contribution in [2.24, 2.45) is 5.73 Å². The number of pyridine rings is 1. The molecular formula is C10H10F4N2O3. The number of carbonyl (C=O) groups is 1. The van der Waals surface area contributed by atoms with Gasteiger partial charge in [-0.3, -0.25) is 0 Å². The smallest absolute Gasteiger partial charge is 0.461 e. The molecule has 1 rings (SSSR count). The molecule has 1 aromatic heterocycles. The summed E-state index contributed by atoms with van der Waals surface area (Å²) in [5, 5.41) is 0. The zero-order valence-electron chi connectivity index (χ0n) is 9.75. The number of nitrogens with zero attached hydrogens (tertiary/aromatic N) is 1. The van der Waals surface area contributed by atoms with Crippen LogP contribution in [0, 0.1) is 5.82 Å². The number of rotatable bonds is 4. The highest BCUT2D eigenvalue weighted by Crippen LogP contribution is 2.29. The molecule has 5 nitrogen and oxygen atoms in total. The van der Waals surface area contributed by atoms with Crippen LogP contribution in [0.15, 0.2) is 6.07 Å². The quantitative estimate of drug-likeness (QED) is 0.672. The van der Waals surface area contributed by atoms with Crippen molar-refractivity contribution in [2.45, 2.75) is 19.8 Å². The second kappa shape index (κ2) is 5.83. The number of carbonyl (C=O) groups excluding carboxylic acids is 1. The number of halogens is 4. The number of hydrogen-bond donors (Lipinski definition) is 1. The van der Waals surface area contributed by atoms with E-state index in [1.165, 1.54) is 6.92 Å². The lowest BCUT2D eigenvalue weighted by molar-refractivity contribution is -0.275. The second-order valence-electron chi connectivity index (χ2n) is 3.25. The monoisotopic (exact) mass is 282 g/mol. The minimum absolute atomic E-state index is 0.102. The van der Waals surface area contributed by atoms with E-state index >= 15 is 0 Å². The lowest BCUT2D eigenvalue weighted by Gasteiger charge is -2.13. The third-order valence-corrected chi connectivity index (χ3v) is 1.88. The van der Waals surface area contributed by atoms with Crippen LogP contribution in [-0.4, -0.2) is 23.9 Å². The SMILES string of the molecule is CCOC(=O)c1nc(CN)cc(F)c1OC(F)(F)F. The lowest BCUT2D eigenvalue weighted by Crippen LogP contribution is -2.22. The van der Waals surface area contributed by atoms with Crippen LogP contribution >= 0.6 is 0 Å².